The number of allylic oxidation sites excluding steroid dienone is 5. The van der Waals surface area contributed by atoms with Gasteiger partial charge in [0.2, 0.25) is 5.91 Å². The van der Waals surface area contributed by atoms with Gasteiger partial charge in [0.25, 0.3) is 0 Å². The Morgan fingerprint density at radius 1 is 0.528 bits per heavy atom. The van der Waals surface area contributed by atoms with Crippen LogP contribution >= 0.6 is 0 Å². The minimum Gasteiger partial charge on any atom is -0.466 e. The lowest BCUT2D eigenvalue weighted by Gasteiger charge is -2.20. The normalized spacial score (nSPS) is 13.1. The topological polar surface area (TPSA) is 95.9 Å². The summed E-state index contributed by atoms with van der Waals surface area (Å²) in [5.74, 6) is -0.131. The van der Waals surface area contributed by atoms with E-state index >= 15 is 0 Å². The highest BCUT2D eigenvalue weighted by atomic mass is 16.5. The molecule has 0 spiro atoms. The summed E-state index contributed by atoms with van der Waals surface area (Å²) in [6, 6.07) is -0.644. The summed E-state index contributed by atoms with van der Waals surface area (Å²) in [5, 5.41) is 22.9. The number of ether oxygens (including phenoxy) is 1. The van der Waals surface area contributed by atoms with Crippen LogP contribution in [0.25, 0.3) is 0 Å². The van der Waals surface area contributed by atoms with Gasteiger partial charge >= 0.3 is 5.97 Å². The van der Waals surface area contributed by atoms with Crippen LogP contribution in [0.4, 0.5) is 0 Å². The number of hydrogen-bond acceptors (Lipinski definition) is 5. The molecule has 6 heteroatoms. The van der Waals surface area contributed by atoms with Gasteiger partial charge in [0.05, 0.1) is 25.4 Å². The second kappa shape index (κ2) is 42.8. The number of carbonyl (C=O) groups is 2. The number of esters is 1. The van der Waals surface area contributed by atoms with Gasteiger partial charge in [0, 0.05) is 12.8 Å². The summed E-state index contributed by atoms with van der Waals surface area (Å²) in [6.07, 6.45) is 49.8. The van der Waals surface area contributed by atoms with Crippen molar-refractivity contribution in [2.75, 3.05) is 13.2 Å². The molecule has 0 radical (unpaired) electrons. The molecule has 0 aromatic rings. The summed E-state index contributed by atoms with van der Waals surface area (Å²) < 4.78 is 5.43. The van der Waals surface area contributed by atoms with Crippen molar-refractivity contribution in [3.05, 3.63) is 36.5 Å². The van der Waals surface area contributed by atoms with Crippen molar-refractivity contribution in [1.29, 1.82) is 0 Å². The number of carbonyl (C=O) groups excluding carboxylic acids is 2. The van der Waals surface area contributed by atoms with E-state index in [-0.39, 0.29) is 18.5 Å². The maximum absolute atomic E-state index is 12.4. The zero-order valence-electron chi connectivity index (χ0n) is 35.0. The second-order valence-corrected chi connectivity index (χ2v) is 15.4. The molecular weight excluding hydrogens is 659 g/mol. The molecule has 0 aliphatic rings. The smallest absolute Gasteiger partial charge is 0.305 e. The van der Waals surface area contributed by atoms with Gasteiger partial charge in [-0.15, -0.1) is 0 Å². The van der Waals surface area contributed by atoms with Crippen molar-refractivity contribution in [1.82, 2.24) is 5.32 Å². The van der Waals surface area contributed by atoms with E-state index in [1.165, 1.54) is 128 Å². The number of aliphatic hydroxyl groups is 2. The van der Waals surface area contributed by atoms with Crippen molar-refractivity contribution in [2.45, 2.75) is 238 Å². The van der Waals surface area contributed by atoms with Crippen LogP contribution in [0.5, 0.6) is 0 Å². The number of aliphatic hydroxyl groups excluding tert-OH is 2. The van der Waals surface area contributed by atoms with Gasteiger partial charge in [-0.3, -0.25) is 9.59 Å². The Morgan fingerprint density at radius 2 is 0.943 bits per heavy atom. The molecule has 2 unspecified atom stereocenters. The first-order chi connectivity index (χ1) is 26.0. The standard InChI is InChI=1S/C47H87NO5/c1-3-5-7-9-11-13-15-16-17-18-20-25-29-33-37-41-47(52)53-42-38-34-30-26-22-21-24-28-32-36-40-46(51)48-44(43-49)45(50)39-35-31-27-23-19-14-12-10-8-6-4-2/h11,13,16-17,35,39,44-45,49-50H,3-10,12,14-15,18-34,36-38,40-43H2,1-2H3,(H,48,51)/b13-11-,17-16-,39-35+. The lowest BCUT2D eigenvalue weighted by atomic mass is 10.0. The van der Waals surface area contributed by atoms with E-state index < -0.39 is 12.1 Å². The number of rotatable bonds is 41. The summed E-state index contributed by atoms with van der Waals surface area (Å²) >= 11 is 0. The number of unbranched alkanes of at least 4 members (excludes halogenated alkanes) is 26. The molecule has 0 rings (SSSR count). The third kappa shape index (κ3) is 39.6. The van der Waals surface area contributed by atoms with E-state index in [1.807, 2.05) is 6.08 Å². The van der Waals surface area contributed by atoms with Crippen molar-refractivity contribution in [2.24, 2.45) is 0 Å². The van der Waals surface area contributed by atoms with Crippen LogP contribution in [0.1, 0.15) is 226 Å². The van der Waals surface area contributed by atoms with Crippen molar-refractivity contribution < 1.29 is 24.5 Å². The van der Waals surface area contributed by atoms with Gasteiger partial charge in [-0.05, 0) is 64.2 Å². The molecule has 0 aromatic carbocycles. The molecule has 3 N–H and O–H groups in total. The third-order valence-corrected chi connectivity index (χ3v) is 10.2. The molecule has 0 aromatic heterocycles. The molecule has 0 saturated carbocycles. The van der Waals surface area contributed by atoms with E-state index in [9.17, 15) is 19.8 Å². The zero-order valence-corrected chi connectivity index (χ0v) is 35.0. The maximum atomic E-state index is 12.4. The molecule has 0 saturated heterocycles. The van der Waals surface area contributed by atoms with Crippen LogP contribution in [0.3, 0.4) is 0 Å². The molecule has 2 atom stereocenters. The maximum Gasteiger partial charge on any atom is 0.305 e. The predicted octanol–water partition coefficient (Wildman–Crippen LogP) is 12.9. The Labute approximate surface area is 328 Å². The Balaban J connectivity index is 3.53. The minimum absolute atomic E-state index is 0.0362. The predicted molar refractivity (Wildman–Crippen MR) is 227 cm³/mol. The van der Waals surface area contributed by atoms with E-state index in [0.717, 1.165) is 70.6 Å². The van der Waals surface area contributed by atoms with E-state index in [0.29, 0.717) is 19.4 Å². The van der Waals surface area contributed by atoms with Crippen LogP contribution in [0.15, 0.2) is 36.5 Å². The van der Waals surface area contributed by atoms with Crippen LogP contribution in [-0.4, -0.2) is 47.4 Å². The number of amides is 1. The molecule has 6 nitrogen and oxygen atoms in total. The Hall–Kier alpha value is -1.92. The summed E-state index contributed by atoms with van der Waals surface area (Å²) in [4.78, 5) is 24.4. The van der Waals surface area contributed by atoms with Crippen LogP contribution in [0.2, 0.25) is 0 Å². The molecular formula is C47H87NO5. The first kappa shape index (κ1) is 51.1. The molecule has 310 valence electrons. The first-order valence-electron chi connectivity index (χ1n) is 22.8. The van der Waals surface area contributed by atoms with Gasteiger partial charge in [-0.1, -0.05) is 185 Å². The SMILES string of the molecule is CCCCC/C=C\C/C=C\CCCCCCCC(=O)OCCCCCCCCCCCCC(=O)NC(CO)C(O)/C=C/CCCCCCCCCCC. The molecule has 1 amide bonds. The Bertz CT molecular complexity index is 869. The summed E-state index contributed by atoms with van der Waals surface area (Å²) in [5.41, 5.74) is 0. The molecule has 0 fully saturated rings. The lowest BCUT2D eigenvalue weighted by molar-refractivity contribution is -0.143. The molecule has 0 aliphatic carbocycles. The number of hydrogen-bond donors (Lipinski definition) is 3. The largest absolute Gasteiger partial charge is 0.466 e. The summed E-state index contributed by atoms with van der Waals surface area (Å²) in [6.45, 7) is 4.78. The highest BCUT2D eigenvalue weighted by Gasteiger charge is 2.18. The minimum atomic E-state index is -0.858. The fourth-order valence-electron chi connectivity index (χ4n) is 6.60. The highest BCUT2D eigenvalue weighted by Crippen LogP contribution is 2.14. The van der Waals surface area contributed by atoms with Crippen LogP contribution in [-0.2, 0) is 14.3 Å². The van der Waals surface area contributed by atoms with Crippen molar-refractivity contribution in [3.63, 3.8) is 0 Å². The second-order valence-electron chi connectivity index (χ2n) is 15.4. The average molecular weight is 746 g/mol. The third-order valence-electron chi connectivity index (χ3n) is 10.2. The van der Waals surface area contributed by atoms with Gasteiger partial charge in [0.1, 0.15) is 0 Å². The van der Waals surface area contributed by atoms with E-state index in [2.05, 4.69) is 43.5 Å². The van der Waals surface area contributed by atoms with Gasteiger partial charge < -0.3 is 20.3 Å². The molecule has 0 bridgehead atoms. The Kier molecular flexibility index (Phi) is 41.3. The first-order valence-corrected chi connectivity index (χ1v) is 22.8. The zero-order chi connectivity index (χ0) is 38.7. The average Bonchev–Trinajstić information content (AvgIpc) is 3.16. The fourth-order valence-corrected chi connectivity index (χ4v) is 6.60. The fraction of sp³-hybridized carbons (Fsp3) is 0.830. The van der Waals surface area contributed by atoms with Gasteiger partial charge in [-0.25, -0.2) is 0 Å². The quantitative estimate of drug-likeness (QED) is 0.0329. The molecule has 0 heterocycles. The number of nitrogens with one attached hydrogen (secondary N) is 1. The highest BCUT2D eigenvalue weighted by molar-refractivity contribution is 5.76. The monoisotopic (exact) mass is 746 g/mol. The molecule has 53 heavy (non-hydrogen) atoms. The van der Waals surface area contributed by atoms with Crippen LogP contribution < -0.4 is 5.32 Å². The Morgan fingerprint density at radius 3 is 1.47 bits per heavy atom. The van der Waals surface area contributed by atoms with Gasteiger partial charge in [-0.2, -0.15) is 0 Å². The summed E-state index contributed by atoms with van der Waals surface area (Å²) in [7, 11) is 0. The van der Waals surface area contributed by atoms with Crippen LogP contribution in [0, 0.1) is 0 Å². The van der Waals surface area contributed by atoms with Crippen molar-refractivity contribution >= 4 is 11.9 Å². The van der Waals surface area contributed by atoms with Crippen molar-refractivity contribution in [3.8, 4) is 0 Å². The van der Waals surface area contributed by atoms with E-state index in [1.54, 1.807) is 6.08 Å². The van der Waals surface area contributed by atoms with E-state index in [4.69, 9.17) is 4.74 Å². The van der Waals surface area contributed by atoms with Gasteiger partial charge in [0.15, 0.2) is 0 Å². The molecule has 0 aliphatic heterocycles. The lowest BCUT2D eigenvalue weighted by Crippen LogP contribution is -2.45.